The van der Waals surface area contributed by atoms with E-state index in [1.54, 1.807) is 37.3 Å². The quantitative estimate of drug-likeness (QED) is 0.0741. The van der Waals surface area contributed by atoms with Gasteiger partial charge in [0.15, 0.2) is 11.9 Å². The molecule has 1 aromatic heterocycles. The molecule has 0 aliphatic carbocycles. The fourth-order valence-electron chi connectivity index (χ4n) is 4.64. The fourth-order valence-corrected chi connectivity index (χ4v) is 5.10. The zero-order valence-corrected chi connectivity index (χ0v) is 26.9. The van der Waals surface area contributed by atoms with Crippen LogP contribution in [0, 0.1) is 17.0 Å². The summed E-state index contributed by atoms with van der Waals surface area (Å²) in [5.41, 5.74) is 2.23. The first kappa shape index (κ1) is 32.3. The Labute approximate surface area is 262 Å². The van der Waals surface area contributed by atoms with Gasteiger partial charge in [-0.25, -0.2) is 9.78 Å². The Balaban J connectivity index is 1.97. The Hall–Kier alpha value is -4.58. The molecule has 11 nitrogen and oxygen atoms in total. The molecule has 44 heavy (non-hydrogen) atoms. The molecular formula is C32H33BrN4O7. The topological polar surface area (TPSA) is 135 Å². The smallest absolute Gasteiger partial charge is 0.347 e. The standard InChI is InChI=1S/C32H33BrN4O7/c1-7-42-28-13-19(5)25(16-24(28)18(3)4)30-35-26-12-10-9-11-23(26)31(38)36(30)34-17-21-14-22(33)15-27(37(40)41)29(21)44-20(6)32(39)43-8-2/h9-18,20H,7-8H2,1-6H3/t20-/m0/s1. The third-order valence-electron chi connectivity index (χ3n) is 6.76. The van der Waals surface area contributed by atoms with E-state index in [1.165, 1.54) is 23.9 Å². The number of nitro benzene ring substituents is 1. The molecule has 0 N–H and O–H groups in total. The summed E-state index contributed by atoms with van der Waals surface area (Å²) in [5.74, 6) is 0.255. The summed E-state index contributed by atoms with van der Waals surface area (Å²) in [5, 5.41) is 16.8. The van der Waals surface area contributed by atoms with E-state index in [9.17, 15) is 19.7 Å². The van der Waals surface area contributed by atoms with Gasteiger partial charge in [0, 0.05) is 21.7 Å². The zero-order chi connectivity index (χ0) is 32.1. The highest BCUT2D eigenvalue weighted by molar-refractivity contribution is 9.10. The van der Waals surface area contributed by atoms with Gasteiger partial charge >= 0.3 is 11.7 Å². The van der Waals surface area contributed by atoms with Crippen molar-refractivity contribution in [2.24, 2.45) is 5.10 Å². The van der Waals surface area contributed by atoms with Crippen molar-refractivity contribution in [2.75, 3.05) is 13.2 Å². The lowest BCUT2D eigenvalue weighted by Crippen LogP contribution is -2.27. The van der Waals surface area contributed by atoms with Crippen LogP contribution in [0.2, 0.25) is 0 Å². The molecule has 0 aliphatic rings. The van der Waals surface area contributed by atoms with Crippen molar-refractivity contribution >= 4 is 44.7 Å². The van der Waals surface area contributed by atoms with Gasteiger partial charge in [-0.15, -0.1) is 0 Å². The first-order valence-corrected chi connectivity index (χ1v) is 14.9. The summed E-state index contributed by atoms with van der Waals surface area (Å²) in [6.45, 7) is 11.6. The van der Waals surface area contributed by atoms with E-state index in [1.807, 2.05) is 26.0 Å². The summed E-state index contributed by atoms with van der Waals surface area (Å²) in [6, 6.07) is 13.6. The molecule has 0 saturated heterocycles. The maximum Gasteiger partial charge on any atom is 0.347 e. The summed E-state index contributed by atoms with van der Waals surface area (Å²) < 4.78 is 18.2. The monoisotopic (exact) mass is 664 g/mol. The molecule has 0 fully saturated rings. The van der Waals surface area contributed by atoms with Gasteiger partial charge in [0.2, 0.25) is 5.75 Å². The average Bonchev–Trinajstić information content (AvgIpc) is 2.97. The Kier molecular flexibility index (Phi) is 10.1. The predicted octanol–water partition coefficient (Wildman–Crippen LogP) is 6.78. The molecule has 0 unspecified atom stereocenters. The Morgan fingerprint density at radius 2 is 1.86 bits per heavy atom. The van der Waals surface area contributed by atoms with Gasteiger partial charge in [-0.05, 0) is 75.1 Å². The molecular weight excluding hydrogens is 632 g/mol. The number of halogens is 1. The van der Waals surface area contributed by atoms with Crippen molar-refractivity contribution in [1.82, 2.24) is 9.66 Å². The van der Waals surface area contributed by atoms with Gasteiger partial charge in [-0.1, -0.05) is 41.9 Å². The number of aryl methyl sites for hydroxylation is 1. The summed E-state index contributed by atoms with van der Waals surface area (Å²) >= 11 is 3.30. The first-order valence-electron chi connectivity index (χ1n) is 14.1. The highest BCUT2D eigenvalue weighted by atomic mass is 79.9. The number of fused-ring (bicyclic) bond motifs is 1. The third kappa shape index (κ3) is 6.80. The number of carbonyl (C=O) groups is 1. The van der Waals surface area contributed by atoms with Gasteiger partial charge in [-0.3, -0.25) is 14.9 Å². The van der Waals surface area contributed by atoms with Crippen molar-refractivity contribution in [3.8, 4) is 22.9 Å². The molecule has 12 heteroatoms. The van der Waals surface area contributed by atoms with E-state index in [0.717, 1.165) is 16.9 Å². The molecule has 0 bridgehead atoms. The number of rotatable bonds is 11. The number of para-hydroxylation sites is 1. The number of hydrogen-bond acceptors (Lipinski definition) is 9. The first-order chi connectivity index (χ1) is 21.0. The van der Waals surface area contributed by atoms with Crippen LogP contribution in [0.5, 0.6) is 11.5 Å². The van der Waals surface area contributed by atoms with Gasteiger partial charge in [-0.2, -0.15) is 9.78 Å². The molecule has 0 amide bonds. The summed E-state index contributed by atoms with van der Waals surface area (Å²) in [6.07, 6.45) is 0.128. The molecule has 0 spiro atoms. The molecule has 1 atom stereocenters. The number of nitro groups is 1. The molecule has 0 saturated carbocycles. The molecule has 0 radical (unpaired) electrons. The zero-order valence-electron chi connectivity index (χ0n) is 25.3. The summed E-state index contributed by atoms with van der Waals surface area (Å²) in [7, 11) is 0. The second-order valence-corrected chi connectivity index (χ2v) is 11.1. The Morgan fingerprint density at radius 1 is 1.14 bits per heavy atom. The molecule has 4 aromatic rings. The van der Waals surface area contributed by atoms with Gasteiger partial charge in [0.05, 0.1) is 35.3 Å². The highest BCUT2D eigenvalue weighted by Crippen LogP contribution is 2.36. The lowest BCUT2D eigenvalue weighted by molar-refractivity contribution is -0.386. The number of hydrogen-bond donors (Lipinski definition) is 0. The number of benzene rings is 3. The Bertz CT molecular complexity index is 1820. The maximum absolute atomic E-state index is 13.9. The van der Waals surface area contributed by atoms with E-state index in [4.69, 9.17) is 19.2 Å². The molecule has 3 aromatic carbocycles. The van der Waals surface area contributed by atoms with Gasteiger partial charge < -0.3 is 14.2 Å². The van der Waals surface area contributed by atoms with E-state index < -0.39 is 28.2 Å². The van der Waals surface area contributed by atoms with Crippen molar-refractivity contribution < 1.29 is 23.9 Å². The van der Waals surface area contributed by atoms with Crippen LogP contribution < -0.4 is 15.0 Å². The minimum absolute atomic E-state index is 0.114. The van der Waals surface area contributed by atoms with Crippen molar-refractivity contribution in [3.63, 3.8) is 0 Å². The number of nitrogens with zero attached hydrogens (tertiary/aromatic N) is 4. The largest absolute Gasteiger partial charge is 0.494 e. The number of carbonyl (C=O) groups excluding carboxylic acids is 1. The maximum atomic E-state index is 13.9. The summed E-state index contributed by atoms with van der Waals surface area (Å²) in [4.78, 5) is 42.4. The number of ether oxygens (including phenoxy) is 3. The van der Waals surface area contributed by atoms with Gasteiger partial charge in [0.25, 0.3) is 5.56 Å². The predicted molar refractivity (Wildman–Crippen MR) is 172 cm³/mol. The van der Waals surface area contributed by atoms with Crippen molar-refractivity contribution in [2.45, 2.75) is 53.6 Å². The Morgan fingerprint density at radius 3 is 2.52 bits per heavy atom. The van der Waals surface area contributed by atoms with E-state index in [2.05, 4.69) is 34.9 Å². The van der Waals surface area contributed by atoms with Crippen LogP contribution in [0.3, 0.4) is 0 Å². The minimum Gasteiger partial charge on any atom is -0.494 e. The minimum atomic E-state index is -1.15. The van der Waals surface area contributed by atoms with Crippen LogP contribution in [-0.2, 0) is 9.53 Å². The van der Waals surface area contributed by atoms with Crippen LogP contribution in [0.25, 0.3) is 22.3 Å². The van der Waals surface area contributed by atoms with Crippen LogP contribution in [-0.4, -0.2) is 46.1 Å². The number of aromatic nitrogens is 2. The van der Waals surface area contributed by atoms with E-state index in [-0.39, 0.29) is 29.7 Å². The second-order valence-electron chi connectivity index (χ2n) is 10.2. The highest BCUT2D eigenvalue weighted by Gasteiger charge is 2.26. The molecule has 4 rings (SSSR count). The van der Waals surface area contributed by atoms with Crippen molar-refractivity contribution in [3.05, 3.63) is 90.2 Å². The lowest BCUT2D eigenvalue weighted by Gasteiger charge is -2.18. The van der Waals surface area contributed by atoms with E-state index >= 15 is 0 Å². The SMILES string of the molecule is CCOC(=O)[C@H](C)Oc1c(C=Nn2c(-c3cc(C(C)C)c(OCC)cc3C)nc3ccccc3c2=O)cc(Br)cc1[N+](=O)[O-]. The third-order valence-corrected chi connectivity index (χ3v) is 7.22. The van der Waals surface area contributed by atoms with E-state index in [0.29, 0.717) is 27.5 Å². The normalized spacial score (nSPS) is 12.1. The van der Waals surface area contributed by atoms with Crippen LogP contribution in [0.4, 0.5) is 5.69 Å². The van der Waals surface area contributed by atoms with Crippen molar-refractivity contribution in [1.29, 1.82) is 0 Å². The second kappa shape index (κ2) is 13.8. The van der Waals surface area contributed by atoms with Crippen LogP contribution >= 0.6 is 15.9 Å². The lowest BCUT2D eigenvalue weighted by atomic mass is 9.96. The van der Waals surface area contributed by atoms with Crippen LogP contribution in [0.15, 0.2) is 62.9 Å². The average molecular weight is 666 g/mol. The fraction of sp³-hybridized carbons (Fsp3) is 0.312. The molecule has 0 aliphatic heterocycles. The van der Waals surface area contributed by atoms with Crippen LogP contribution in [0.1, 0.15) is 57.2 Å². The molecule has 230 valence electrons. The molecule has 1 heterocycles. The number of esters is 1. The van der Waals surface area contributed by atoms with Gasteiger partial charge in [0.1, 0.15) is 5.75 Å².